The Morgan fingerprint density at radius 2 is 2.12 bits per heavy atom. The van der Waals surface area contributed by atoms with Crippen LogP contribution in [0.4, 0.5) is 10.2 Å². The molecule has 128 valence electrons. The number of benzene rings is 1. The Balaban J connectivity index is 1.72. The van der Waals surface area contributed by atoms with E-state index in [1.54, 1.807) is 6.20 Å². The van der Waals surface area contributed by atoms with Crippen LogP contribution in [-0.4, -0.2) is 39.4 Å². The lowest BCUT2D eigenvalue weighted by Gasteiger charge is -2.27. The van der Waals surface area contributed by atoms with Crippen LogP contribution in [-0.2, 0) is 13.1 Å². The van der Waals surface area contributed by atoms with Gasteiger partial charge in [-0.2, -0.15) is 5.10 Å². The van der Waals surface area contributed by atoms with Gasteiger partial charge >= 0.3 is 0 Å². The maximum atomic E-state index is 12.7. The van der Waals surface area contributed by atoms with Crippen LogP contribution >= 0.6 is 0 Å². The van der Waals surface area contributed by atoms with Crippen molar-refractivity contribution in [2.45, 2.75) is 13.1 Å². The monoisotopic (exact) mass is 337 g/mol. The molecule has 0 aliphatic carbocycles. The molecule has 0 saturated carbocycles. The Morgan fingerprint density at radius 3 is 2.96 bits per heavy atom. The topological polar surface area (TPSA) is 46.0 Å². The van der Waals surface area contributed by atoms with Gasteiger partial charge in [-0.15, -0.1) is 0 Å². The second kappa shape index (κ2) is 6.64. The van der Waals surface area contributed by atoms with Gasteiger partial charge in [0.15, 0.2) is 0 Å². The van der Waals surface area contributed by atoms with Crippen LogP contribution in [0.15, 0.2) is 49.4 Å². The number of nitrogens with zero attached hydrogens (tertiary/aromatic N) is 4. The van der Waals surface area contributed by atoms with Gasteiger partial charge in [-0.05, 0) is 29.3 Å². The van der Waals surface area contributed by atoms with Gasteiger partial charge in [-0.1, -0.05) is 18.7 Å². The lowest BCUT2D eigenvalue weighted by Crippen LogP contribution is -2.35. The van der Waals surface area contributed by atoms with Crippen molar-refractivity contribution in [2.75, 3.05) is 25.1 Å². The molecule has 0 spiro atoms. The summed E-state index contributed by atoms with van der Waals surface area (Å²) in [6, 6.07) is 8.32. The fraction of sp³-hybridized carbons (Fsp3) is 0.263. The number of aromatic nitrogens is 3. The predicted molar refractivity (Wildman–Crippen MR) is 98.0 cm³/mol. The molecule has 0 fully saturated rings. The van der Waals surface area contributed by atoms with Gasteiger partial charge in [0, 0.05) is 36.8 Å². The third-order valence-electron chi connectivity index (χ3n) is 4.63. The number of hydrogen-bond acceptors (Lipinski definition) is 4. The Morgan fingerprint density at radius 1 is 1.20 bits per heavy atom. The second-order valence-electron chi connectivity index (χ2n) is 6.17. The summed E-state index contributed by atoms with van der Waals surface area (Å²) in [6.07, 6.45) is 5.38. The number of nitrogens with one attached hydrogen (secondary N) is 1. The van der Waals surface area contributed by atoms with Crippen molar-refractivity contribution in [3.63, 3.8) is 0 Å². The van der Waals surface area contributed by atoms with Crippen LogP contribution < -0.4 is 5.32 Å². The first-order valence-electron chi connectivity index (χ1n) is 8.39. The highest BCUT2D eigenvalue weighted by molar-refractivity contribution is 5.88. The summed E-state index contributed by atoms with van der Waals surface area (Å²) < 4.78 is 14.7. The summed E-state index contributed by atoms with van der Waals surface area (Å²) in [7, 11) is 0. The van der Waals surface area contributed by atoms with E-state index in [4.69, 9.17) is 0 Å². The molecule has 3 aromatic rings. The Bertz CT molecular complexity index is 917. The zero-order valence-electron chi connectivity index (χ0n) is 14.0. The molecule has 5 nitrogen and oxygen atoms in total. The summed E-state index contributed by atoms with van der Waals surface area (Å²) in [5, 5.41) is 9.72. The molecule has 2 aromatic heterocycles. The van der Waals surface area contributed by atoms with Crippen LogP contribution in [0.5, 0.6) is 0 Å². The Kier molecular flexibility index (Phi) is 4.19. The summed E-state index contributed by atoms with van der Waals surface area (Å²) in [6.45, 7) is 6.22. The number of rotatable bonds is 5. The normalized spacial score (nSPS) is 14.4. The van der Waals surface area contributed by atoms with Gasteiger partial charge in [-0.25, -0.2) is 9.37 Å². The lowest BCUT2D eigenvalue weighted by atomic mass is 10.0. The standard InChI is InChI=1S/C19H20FN5/c1-2-21-19-10-16-9-14(3-4-15(16)11-22-19)17-12-23-25-8-7-24(6-5-20)13-18(17)25/h2-4,9-12H,1,5-8,13H2,(H,21,22). The average Bonchev–Trinajstić information content (AvgIpc) is 3.05. The van der Waals surface area contributed by atoms with Crippen molar-refractivity contribution in [3.8, 4) is 11.1 Å². The number of anilines is 1. The predicted octanol–water partition coefficient (Wildman–Crippen LogP) is 3.44. The van der Waals surface area contributed by atoms with Crippen molar-refractivity contribution in [1.82, 2.24) is 19.7 Å². The van der Waals surface area contributed by atoms with Crippen LogP contribution in [0, 0.1) is 0 Å². The van der Waals surface area contributed by atoms with E-state index in [9.17, 15) is 4.39 Å². The first kappa shape index (κ1) is 15.8. The van der Waals surface area contributed by atoms with Crippen LogP contribution in [0.3, 0.4) is 0 Å². The highest BCUT2D eigenvalue weighted by Gasteiger charge is 2.21. The number of alkyl halides is 1. The molecular weight excluding hydrogens is 317 g/mol. The van der Waals surface area contributed by atoms with Crippen LogP contribution in [0.25, 0.3) is 21.9 Å². The van der Waals surface area contributed by atoms with Crippen molar-refractivity contribution in [1.29, 1.82) is 0 Å². The van der Waals surface area contributed by atoms with Crippen molar-refractivity contribution >= 4 is 16.6 Å². The minimum Gasteiger partial charge on any atom is -0.347 e. The zero-order chi connectivity index (χ0) is 17.2. The van der Waals surface area contributed by atoms with Crippen LogP contribution in [0.1, 0.15) is 5.69 Å². The van der Waals surface area contributed by atoms with E-state index in [-0.39, 0.29) is 6.67 Å². The van der Waals surface area contributed by atoms with E-state index in [1.807, 2.05) is 23.1 Å². The fourth-order valence-electron chi connectivity index (χ4n) is 3.34. The maximum absolute atomic E-state index is 12.7. The molecule has 4 rings (SSSR count). The fourth-order valence-corrected chi connectivity index (χ4v) is 3.34. The molecular formula is C19H20FN5. The van der Waals surface area contributed by atoms with Crippen LogP contribution in [0.2, 0.25) is 0 Å². The van der Waals surface area contributed by atoms with E-state index in [1.165, 1.54) is 0 Å². The zero-order valence-corrected chi connectivity index (χ0v) is 14.0. The molecule has 0 radical (unpaired) electrons. The highest BCUT2D eigenvalue weighted by Crippen LogP contribution is 2.30. The molecule has 6 heteroatoms. The van der Waals surface area contributed by atoms with Gasteiger partial charge < -0.3 is 5.32 Å². The van der Waals surface area contributed by atoms with Gasteiger partial charge in [-0.3, -0.25) is 9.58 Å². The average molecular weight is 337 g/mol. The van der Waals surface area contributed by atoms with Crippen molar-refractivity contribution < 1.29 is 4.39 Å². The highest BCUT2D eigenvalue weighted by atomic mass is 19.1. The molecule has 0 saturated heterocycles. The van der Waals surface area contributed by atoms with Crippen molar-refractivity contribution in [3.05, 3.63) is 55.1 Å². The van der Waals surface area contributed by atoms with E-state index < -0.39 is 0 Å². The van der Waals surface area contributed by atoms with Gasteiger partial charge in [0.2, 0.25) is 0 Å². The minimum atomic E-state index is -0.314. The summed E-state index contributed by atoms with van der Waals surface area (Å²) in [5.41, 5.74) is 3.38. The van der Waals surface area contributed by atoms with Gasteiger partial charge in [0.05, 0.1) is 18.4 Å². The Labute approximate surface area is 145 Å². The van der Waals surface area contributed by atoms with Gasteiger partial charge in [0.1, 0.15) is 12.5 Å². The van der Waals surface area contributed by atoms with E-state index in [2.05, 4.69) is 45.1 Å². The molecule has 3 heterocycles. The molecule has 0 unspecified atom stereocenters. The number of pyridine rings is 1. The van der Waals surface area contributed by atoms with Gasteiger partial charge in [0.25, 0.3) is 0 Å². The number of fused-ring (bicyclic) bond motifs is 2. The summed E-state index contributed by atoms with van der Waals surface area (Å²) >= 11 is 0. The molecule has 0 bridgehead atoms. The SMILES string of the molecule is C=CNc1cc2cc(-c3cnn4c3CN(CCF)CC4)ccc2cn1. The quantitative estimate of drug-likeness (QED) is 0.775. The molecule has 0 atom stereocenters. The molecule has 25 heavy (non-hydrogen) atoms. The third-order valence-corrected chi connectivity index (χ3v) is 4.63. The molecule has 1 aliphatic heterocycles. The first-order valence-corrected chi connectivity index (χ1v) is 8.39. The third kappa shape index (κ3) is 3.00. The molecule has 0 amide bonds. The lowest BCUT2D eigenvalue weighted by molar-refractivity contribution is 0.197. The number of halogens is 1. The van der Waals surface area contributed by atoms with E-state index >= 15 is 0 Å². The molecule has 1 aliphatic rings. The minimum absolute atomic E-state index is 0.314. The smallest absolute Gasteiger partial charge is 0.130 e. The van der Waals surface area contributed by atoms with E-state index in [0.717, 1.165) is 53.0 Å². The molecule has 1 N–H and O–H groups in total. The second-order valence-corrected chi connectivity index (χ2v) is 6.17. The Hall–Kier alpha value is -2.73. The largest absolute Gasteiger partial charge is 0.347 e. The molecule has 1 aromatic carbocycles. The van der Waals surface area contributed by atoms with E-state index in [0.29, 0.717) is 6.54 Å². The number of hydrogen-bond donors (Lipinski definition) is 1. The first-order chi connectivity index (χ1) is 12.3. The van der Waals surface area contributed by atoms with Crippen molar-refractivity contribution in [2.24, 2.45) is 0 Å². The summed E-state index contributed by atoms with van der Waals surface area (Å²) in [4.78, 5) is 6.49. The maximum Gasteiger partial charge on any atom is 0.130 e. The summed E-state index contributed by atoms with van der Waals surface area (Å²) in [5.74, 6) is 0.769.